The molecule has 0 saturated carbocycles. The van der Waals surface area contributed by atoms with E-state index in [2.05, 4.69) is 305 Å². The molecule has 0 spiro atoms. The Hall–Kier alpha value is -9.98. The lowest BCUT2D eigenvalue weighted by molar-refractivity contribution is 0.426. The first-order chi connectivity index (χ1) is 43.8. The number of fused-ring (bicyclic) bond motifs is 13. The highest BCUT2D eigenvalue weighted by atomic mass is 79.9. The van der Waals surface area contributed by atoms with Crippen molar-refractivity contribution in [2.75, 3.05) is 0 Å². The van der Waals surface area contributed by atoms with Gasteiger partial charge in [-0.05, 0) is 194 Å². The summed E-state index contributed by atoms with van der Waals surface area (Å²) in [6, 6.07) is 114. The highest BCUT2D eigenvalue weighted by Crippen LogP contribution is 2.44. The molecule has 89 heavy (non-hydrogen) atoms. The largest absolute Gasteiger partial charge is 0.488 e. The van der Waals surface area contributed by atoms with Crippen LogP contribution in [0.5, 0.6) is 0 Å². The fourth-order valence-corrected chi connectivity index (χ4v) is 14.4. The molecule has 0 saturated heterocycles. The normalized spacial score (nSPS) is 11.4. The van der Waals surface area contributed by atoms with Crippen molar-refractivity contribution in [3.8, 4) is 55.6 Å². The van der Waals surface area contributed by atoms with E-state index in [0.29, 0.717) is 5.46 Å². The summed E-state index contributed by atoms with van der Waals surface area (Å²) in [6.45, 7) is 0. The molecule has 0 aliphatic heterocycles. The van der Waals surface area contributed by atoms with Gasteiger partial charge in [0.05, 0.1) is 0 Å². The molecule has 0 aliphatic rings. The van der Waals surface area contributed by atoms with E-state index in [9.17, 15) is 10.0 Å². The van der Waals surface area contributed by atoms with Crippen LogP contribution >= 0.6 is 31.9 Å². The van der Waals surface area contributed by atoms with Crippen LogP contribution in [0.3, 0.4) is 0 Å². The summed E-state index contributed by atoms with van der Waals surface area (Å²) in [5.74, 6) is 0. The third-order valence-electron chi connectivity index (χ3n) is 17.5. The van der Waals surface area contributed by atoms with Crippen molar-refractivity contribution >= 4 is 141 Å². The van der Waals surface area contributed by atoms with Gasteiger partial charge in [0.1, 0.15) is 0 Å². The zero-order chi connectivity index (χ0) is 60.0. The monoisotopic (exact) mass is 1260 g/mol. The Morgan fingerprint density at radius 3 is 0.820 bits per heavy atom. The van der Waals surface area contributed by atoms with Gasteiger partial charge in [-0.25, -0.2) is 0 Å². The summed E-state index contributed by atoms with van der Waals surface area (Å²) in [6.07, 6.45) is 0. The third kappa shape index (κ3) is 10.5. The van der Waals surface area contributed by atoms with Crippen LogP contribution in [-0.4, -0.2) is 17.2 Å². The van der Waals surface area contributed by atoms with Crippen molar-refractivity contribution in [2.45, 2.75) is 0 Å². The van der Waals surface area contributed by atoms with E-state index < -0.39 is 7.12 Å². The van der Waals surface area contributed by atoms with E-state index in [1.165, 1.54) is 136 Å². The molecule has 17 rings (SSSR count). The van der Waals surface area contributed by atoms with Gasteiger partial charge in [0.25, 0.3) is 0 Å². The average Bonchev–Trinajstić information content (AvgIpc) is 1.18. The van der Waals surface area contributed by atoms with E-state index in [4.69, 9.17) is 0 Å². The van der Waals surface area contributed by atoms with Gasteiger partial charge in [0.15, 0.2) is 0 Å². The fraction of sp³-hybridized carbons (Fsp3) is 0. The highest BCUT2D eigenvalue weighted by molar-refractivity contribution is 9.11. The molecule has 0 aliphatic carbocycles. The van der Waals surface area contributed by atoms with Crippen molar-refractivity contribution in [1.82, 2.24) is 0 Å². The van der Waals surface area contributed by atoms with Crippen molar-refractivity contribution < 1.29 is 10.0 Å². The zero-order valence-corrected chi connectivity index (χ0v) is 51.5. The number of hydrogen-bond donors (Lipinski definition) is 2. The van der Waals surface area contributed by atoms with Crippen molar-refractivity contribution in [2.24, 2.45) is 0 Å². The highest BCUT2D eigenvalue weighted by Gasteiger charge is 2.18. The summed E-state index contributed by atoms with van der Waals surface area (Å²) < 4.78 is 2.29. The fourth-order valence-electron chi connectivity index (χ4n) is 13.3. The molecule has 5 heteroatoms. The molecule has 2 nitrogen and oxygen atoms in total. The molecule has 17 aromatic rings. The maximum atomic E-state index is 9.26. The molecule has 0 radical (unpaired) electrons. The first-order valence-electron chi connectivity index (χ1n) is 30.0. The molecule has 0 aromatic heterocycles. The summed E-state index contributed by atoms with van der Waals surface area (Å²) in [4.78, 5) is 0. The van der Waals surface area contributed by atoms with Gasteiger partial charge in [-0.2, -0.15) is 0 Å². The van der Waals surface area contributed by atoms with Crippen molar-refractivity contribution in [3.05, 3.63) is 330 Å². The quantitative estimate of drug-likeness (QED) is 0.129. The minimum absolute atomic E-state index is 0.505. The topological polar surface area (TPSA) is 40.5 Å². The van der Waals surface area contributed by atoms with E-state index in [1.807, 2.05) is 42.5 Å². The molecular weight excluding hydrogens is 1210 g/mol. The maximum absolute atomic E-state index is 9.26. The Morgan fingerprint density at radius 2 is 0.449 bits per heavy atom. The maximum Gasteiger partial charge on any atom is 0.488 e. The van der Waals surface area contributed by atoms with Crippen LogP contribution in [0, 0.1) is 0 Å². The first-order valence-corrected chi connectivity index (χ1v) is 31.6. The van der Waals surface area contributed by atoms with Gasteiger partial charge >= 0.3 is 7.12 Å². The summed E-state index contributed by atoms with van der Waals surface area (Å²) >= 11 is 7.42. The van der Waals surface area contributed by atoms with Gasteiger partial charge in [0, 0.05) is 8.95 Å². The molecule has 0 unspecified atom stereocenters. The Morgan fingerprint density at radius 1 is 0.191 bits per heavy atom. The number of rotatable bonds is 6. The van der Waals surface area contributed by atoms with Crippen LogP contribution in [0.1, 0.15) is 0 Å². The number of halogens is 2. The van der Waals surface area contributed by atoms with Crippen LogP contribution in [-0.2, 0) is 0 Å². The molecule has 0 heterocycles. The van der Waals surface area contributed by atoms with Gasteiger partial charge in [-0.15, -0.1) is 0 Å². The first kappa shape index (κ1) is 55.6. The van der Waals surface area contributed by atoms with E-state index in [0.717, 1.165) is 25.5 Å². The van der Waals surface area contributed by atoms with E-state index >= 15 is 0 Å². The van der Waals surface area contributed by atoms with Gasteiger partial charge < -0.3 is 10.0 Å². The Kier molecular flexibility index (Phi) is 15.0. The van der Waals surface area contributed by atoms with E-state index in [-0.39, 0.29) is 0 Å². The second-order valence-electron chi connectivity index (χ2n) is 22.7. The van der Waals surface area contributed by atoms with Gasteiger partial charge in [0.2, 0.25) is 0 Å². The minimum atomic E-state index is -1.44. The van der Waals surface area contributed by atoms with Crippen LogP contribution in [0.15, 0.2) is 330 Å². The summed E-state index contributed by atoms with van der Waals surface area (Å²) in [5.41, 5.74) is 12.5. The predicted octanol–water partition coefficient (Wildman–Crippen LogP) is 23.0. The second kappa shape index (κ2) is 24.0. The molecule has 0 atom stereocenters. The molecule has 0 fully saturated rings. The molecule has 0 bridgehead atoms. The van der Waals surface area contributed by atoms with Crippen LogP contribution in [0.2, 0.25) is 0 Å². The van der Waals surface area contributed by atoms with Crippen LogP contribution in [0.4, 0.5) is 0 Å². The average molecular weight is 1270 g/mol. The Bertz CT molecular complexity index is 5300. The molecule has 0 amide bonds. The van der Waals surface area contributed by atoms with E-state index in [1.54, 1.807) is 6.07 Å². The second-order valence-corrected chi connectivity index (χ2v) is 24.4. The molecule has 17 aromatic carbocycles. The SMILES string of the molecule is Brc1cc2c3ccccc3c(Br)cc2c2ccccc12.OB(O)c1cccc(-c2cccc3ccccc23)c1.c1cc(-c2cccc3ccccc23)cc(-c2cc3c4ccccc4c(-c4cccc(-c5cccc6ccccc56)c4)cc3c3ccccc23)c1. The molecule has 420 valence electrons. The molecule has 2 N–H and O–H groups in total. The Balaban J connectivity index is 0.000000138. The lowest BCUT2D eigenvalue weighted by Crippen LogP contribution is -2.29. The minimum Gasteiger partial charge on any atom is -0.423 e. The van der Waals surface area contributed by atoms with Gasteiger partial charge in [-0.1, -0.05) is 317 Å². The van der Waals surface area contributed by atoms with Crippen molar-refractivity contribution in [3.63, 3.8) is 0 Å². The van der Waals surface area contributed by atoms with Crippen LogP contribution in [0.25, 0.3) is 153 Å². The Labute approximate surface area is 533 Å². The summed E-state index contributed by atoms with van der Waals surface area (Å²) in [5, 5.41) is 41.2. The number of hydrogen-bond acceptors (Lipinski definition) is 2. The van der Waals surface area contributed by atoms with Crippen LogP contribution < -0.4 is 5.46 Å². The summed E-state index contributed by atoms with van der Waals surface area (Å²) in [7, 11) is -1.44. The predicted molar refractivity (Wildman–Crippen MR) is 389 cm³/mol. The number of benzene rings is 17. The lowest BCUT2D eigenvalue weighted by atomic mass is 9.79. The van der Waals surface area contributed by atoms with Crippen molar-refractivity contribution in [1.29, 1.82) is 0 Å². The molecular formula is C84H55BBr2O2. The lowest BCUT2D eigenvalue weighted by Gasteiger charge is -2.17. The smallest absolute Gasteiger partial charge is 0.423 e. The van der Waals surface area contributed by atoms with Gasteiger partial charge in [-0.3, -0.25) is 0 Å². The third-order valence-corrected chi connectivity index (χ3v) is 18.8. The zero-order valence-electron chi connectivity index (χ0n) is 48.3. The standard InChI is InChI=1S/C50H32.C18H10Br2.C16H13BO2/c1-3-21-39-33(13-1)15-11-27-41(39)35-17-9-19-37(29-35)47-31-49-46-26-8-6-24-44(46)48(32-50(49)45-25-7-5-23-43(45)47)38-20-10-18-36(30-38)42-28-12-16-34-14-2-4-22-40(34)42;19-17-10-16-12-6-2-4-8-14(12)18(20)9-15(16)11-5-1-3-7-13(11)17;18-17(19)14-8-3-7-13(11-14)16-10-4-6-12-5-1-2-9-15(12)16/h1-32H;1-10H;1-11,18-19H.